The third-order valence-electron chi connectivity index (χ3n) is 4.83. The first kappa shape index (κ1) is 22.6. The Balaban J connectivity index is 0.000000970. The Morgan fingerprint density at radius 2 is 1.64 bits per heavy atom. The zero-order chi connectivity index (χ0) is 19.0. The van der Waals surface area contributed by atoms with Gasteiger partial charge in [0.15, 0.2) is 0 Å². The van der Waals surface area contributed by atoms with Crippen molar-refractivity contribution in [3.8, 4) is 5.75 Å². The maximum absolute atomic E-state index is 6.37. The van der Waals surface area contributed by atoms with Gasteiger partial charge in [-0.3, -0.25) is 0 Å². The lowest BCUT2D eigenvalue weighted by atomic mass is 9.75. The van der Waals surface area contributed by atoms with Gasteiger partial charge in [0, 0.05) is 22.6 Å². The van der Waals surface area contributed by atoms with Crippen molar-refractivity contribution in [2.45, 2.75) is 78.7 Å². The van der Waals surface area contributed by atoms with Gasteiger partial charge in [-0.05, 0) is 54.7 Å². The number of halogens is 2. The fourth-order valence-corrected chi connectivity index (χ4v) is 4.04. The first-order valence-corrected chi connectivity index (χ1v) is 10.3. The van der Waals surface area contributed by atoms with Crippen molar-refractivity contribution in [1.82, 2.24) is 5.32 Å². The monoisotopic (exact) mass is 387 g/mol. The molecule has 1 fully saturated rings. The second-order valence-electron chi connectivity index (χ2n) is 7.96. The van der Waals surface area contributed by atoms with Crippen LogP contribution in [0.5, 0.6) is 5.75 Å². The normalized spacial score (nSPS) is 18.2. The fourth-order valence-electron chi connectivity index (χ4n) is 3.20. The summed E-state index contributed by atoms with van der Waals surface area (Å²) in [7, 11) is 1.62. The summed E-state index contributed by atoms with van der Waals surface area (Å²) in [5.74, 6) is 0.981. The Morgan fingerprint density at radius 1 is 1.16 bits per heavy atom. The van der Waals surface area contributed by atoms with Gasteiger partial charge in [0.25, 0.3) is 0 Å². The van der Waals surface area contributed by atoms with E-state index in [1.807, 2.05) is 12.1 Å². The molecule has 1 saturated carbocycles. The number of ether oxygens (including phenoxy) is 1. The van der Waals surface area contributed by atoms with Crippen LogP contribution in [0.15, 0.2) is 12.1 Å². The SMILES string of the molecule is CCC.COc1cc(Cl)c(C(C)CNC2CCC(C)(C)CC2)c(Cl)c1. The van der Waals surface area contributed by atoms with E-state index in [0.717, 1.165) is 12.1 Å². The van der Waals surface area contributed by atoms with E-state index < -0.39 is 0 Å². The summed E-state index contributed by atoms with van der Waals surface area (Å²) in [6, 6.07) is 4.29. The van der Waals surface area contributed by atoms with Crippen LogP contribution in [0.3, 0.4) is 0 Å². The summed E-state index contributed by atoms with van der Waals surface area (Å²) in [6.07, 6.45) is 6.35. The zero-order valence-electron chi connectivity index (χ0n) is 16.7. The molecular formula is C21H35Cl2NO. The molecule has 0 aromatic heterocycles. The van der Waals surface area contributed by atoms with E-state index in [1.165, 1.54) is 32.1 Å². The van der Waals surface area contributed by atoms with Gasteiger partial charge in [0.1, 0.15) is 5.75 Å². The number of methoxy groups -OCH3 is 1. The third-order valence-corrected chi connectivity index (χ3v) is 5.46. The van der Waals surface area contributed by atoms with E-state index in [1.54, 1.807) is 7.11 Å². The summed E-state index contributed by atoms with van der Waals surface area (Å²) in [5, 5.41) is 5.06. The van der Waals surface area contributed by atoms with Crippen LogP contribution in [0.2, 0.25) is 10.0 Å². The Bertz CT molecular complexity index is 498. The van der Waals surface area contributed by atoms with Crippen LogP contribution in [-0.2, 0) is 0 Å². The Labute approximate surface area is 164 Å². The van der Waals surface area contributed by atoms with Gasteiger partial charge in [0.05, 0.1) is 7.11 Å². The smallest absolute Gasteiger partial charge is 0.121 e. The molecule has 0 saturated heterocycles. The summed E-state index contributed by atoms with van der Waals surface area (Å²) < 4.78 is 5.20. The Hall–Kier alpha value is -0.440. The molecule has 1 aromatic carbocycles. The van der Waals surface area contributed by atoms with Crippen LogP contribution in [0, 0.1) is 5.41 Å². The lowest BCUT2D eigenvalue weighted by molar-refractivity contribution is 0.206. The van der Waals surface area contributed by atoms with Gasteiger partial charge >= 0.3 is 0 Å². The Morgan fingerprint density at radius 3 is 2.08 bits per heavy atom. The highest BCUT2D eigenvalue weighted by Gasteiger charge is 2.27. The van der Waals surface area contributed by atoms with E-state index in [4.69, 9.17) is 27.9 Å². The number of hydrogen-bond acceptors (Lipinski definition) is 2. The number of rotatable bonds is 5. The largest absolute Gasteiger partial charge is 0.497 e. The van der Waals surface area contributed by atoms with Gasteiger partial charge in [-0.25, -0.2) is 0 Å². The number of nitrogens with one attached hydrogen (secondary N) is 1. The third kappa shape index (κ3) is 7.37. The maximum Gasteiger partial charge on any atom is 0.121 e. The predicted molar refractivity (Wildman–Crippen MR) is 111 cm³/mol. The summed E-state index contributed by atoms with van der Waals surface area (Å²) in [5.41, 5.74) is 1.51. The summed E-state index contributed by atoms with van der Waals surface area (Å²) in [4.78, 5) is 0. The van der Waals surface area contributed by atoms with Gasteiger partial charge in [-0.15, -0.1) is 0 Å². The van der Waals surface area contributed by atoms with E-state index in [9.17, 15) is 0 Å². The molecule has 25 heavy (non-hydrogen) atoms. The van der Waals surface area contributed by atoms with E-state index in [2.05, 4.69) is 39.9 Å². The topological polar surface area (TPSA) is 21.3 Å². The highest BCUT2D eigenvalue weighted by Crippen LogP contribution is 2.37. The molecule has 1 atom stereocenters. The molecule has 1 aromatic rings. The second kappa shape index (κ2) is 10.6. The van der Waals surface area contributed by atoms with Crippen molar-refractivity contribution in [1.29, 1.82) is 0 Å². The molecule has 144 valence electrons. The molecule has 2 nitrogen and oxygen atoms in total. The minimum atomic E-state index is 0.279. The standard InChI is InChI=1S/C18H27Cl2NO.C3H8/c1-12(11-21-13-5-7-18(2,3)8-6-13)17-15(19)9-14(22-4)10-16(17)20;1-3-2/h9-10,12-13,21H,5-8,11H2,1-4H3;3H2,1-2H3. The average Bonchev–Trinajstić information content (AvgIpc) is 2.53. The van der Waals surface area contributed by atoms with Gasteiger partial charge in [0.2, 0.25) is 0 Å². The van der Waals surface area contributed by atoms with Crippen molar-refractivity contribution in [3.05, 3.63) is 27.7 Å². The molecule has 4 heteroatoms. The second-order valence-corrected chi connectivity index (χ2v) is 8.77. The van der Waals surface area contributed by atoms with Crippen LogP contribution in [0.4, 0.5) is 0 Å². The molecular weight excluding hydrogens is 353 g/mol. The minimum Gasteiger partial charge on any atom is -0.497 e. The quantitative estimate of drug-likeness (QED) is 0.582. The zero-order valence-corrected chi connectivity index (χ0v) is 18.2. The molecule has 1 unspecified atom stereocenters. The molecule has 1 aliphatic carbocycles. The van der Waals surface area contributed by atoms with Crippen LogP contribution in [-0.4, -0.2) is 19.7 Å². The Kier molecular flexibility index (Phi) is 9.62. The first-order valence-electron chi connectivity index (χ1n) is 9.50. The number of benzene rings is 1. The van der Waals surface area contributed by atoms with Gasteiger partial charge < -0.3 is 10.1 Å². The van der Waals surface area contributed by atoms with E-state index in [-0.39, 0.29) is 5.92 Å². The van der Waals surface area contributed by atoms with E-state index >= 15 is 0 Å². The predicted octanol–water partition coefficient (Wildman–Crippen LogP) is 7.08. The minimum absolute atomic E-state index is 0.279. The molecule has 0 amide bonds. The van der Waals surface area contributed by atoms with Crippen molar-refractivity contribution in [2.75, 3.05) is 13.7 Å². The summed E-state index contributed by atoms with van der Waals surface area (Å²) >= 11 is 12.7. The molecule has 0 radical (unpaired) electrons. The molecule has 2 rings (SSSR count). The van der Waals surface area contributed by atoms with Crippen LogP contribution in [0.1, 0.15) is 78.2 Å². The van der Waals surface area contributed by atoms with Gasteiger partial charge in [-0.1, -0.05) is 64.2 Å². The molecule has 0 aliphatic heterocycles. The van der Waals surface area contributed by atoms with Gasteiger partial charge in [-0.2, -0.15) is 0 Å². The molecule has 0 bridgehead atoms. The highest BCUT2D eigenvalue weighted by molar-refractivity contribution is 6.36. The first-order chi connectivity index (χ1) is 11.7. The number of hydrogen-bond donors (Lipinski definition) is 1. The van der Waals surface area contributed by atoms with E-state index in [0.29, 0.717) is 27.3 Å². The molecule has 1 aliphatic rings. The van der Waals surface area contributed by atoms with Crippen molar-refractivity contribution < 1.29 is 4.74 Å². The highest BCUT2D eigenvalue weighted by atomic mass is 35.5. The van der Waals surface area contributed by atoms with Crippen LogP contribution < -0.4 is 10.1 Å². The molecule has 1 N–H and O–H groups in total. The summed E-state index contributed by atoms with van der Waals surface area (Å²) in [6.45, 7) is 12.0. The van der Waals surface area contributed by atoms with Crippen molar-refractivity contribution in [2.24, 2.45) is 5.41 Å². The van der Waals surface area contributed by atoms with Crippen molar-refractivity contribution in [3.63, 3.8) is 0 Å². The maximum atomic E-state index is 6.37. The van der Waals surface area contributed by atoms with Crippen LogP contribution in [0.25, 0.3) is 0 Å². The lowest BCUT2D eigenvalue weighted by Gasteiger charge is -2.35. The van der Waals surface area contributed by atoms with Crippen LogP contribution >= 0.6 is 23.2 Å². The molecule has 0 spiro atoms. The average molecular weight is 388 g/mol. The van der Waals surface area contributed by atoms with Crippen molar-refractivity contribution >= 4 is 23.2 Å². The fraction of sp³-hybridized carbons (Fsp3) is 0.714. The lowest BCUT2D eigenvalue weighted by Crippen LogP contribution is -2.37. The molecule has 0 heterocycles.